The van der Waals surface area contributed by atoms with Crippen molar-refractivity contribution in [3.05, 3.63) is 29.8 Å². The van der Waals surface area contributed by atoms with E-state index in [1.807, 2.05) is 18.2 Å². The number of hydrogen-bond donors (Lipinski definition) is 1. The number of benzene rings is 1. The normalized spacial score (nSPS) is 15.2. The average Bonchev–Trinajstić information content (AvgIpc) is 2.99. The van der Waals surface area contributed by atoms with Crippen LogP contribution < -0.4 is 10.1 Å². The Balaban J connectivity index is 1.66. The van der Waals surface area contributed by atoms with Crippen LogP contribution in [0.5, 0.6) is 5.75 Å². The second kappa shape index (κ2) is 8.66. The third-order valence-electron chi connectivity index (χ3n) is 4.04. The van der Waals surface area contributed by atoms with E-state index in [0.29, 0.717) is 6.61 Å². The number of rotatable bonds is 8. The van der Waals surface area contributed by atoms with E-state index in [1.54, 1.807) is 0 Å². The first-order valence-corrected chi connectivity index (χ1v) is 7.75. The van der Waals surface area contributed by atoms with Crippen LogP contribution in [0.25, 0.3) is 0 Å². The van der Waals surface area contributed by atoms with Gasteiger partial charge in [0.2, 0.25) is 0 Å². The van der Waals surface area contributed by atoms with E-state index in [0.717, 1.165) is 24.8 Å². The summed E-state index contributed by atoms with van der Waals surface area (Å²) in [6.07, 6.45) is 13.7. The Bertz CT molecular complexity index is 429. The standard InChI is InChI=1S/C18H25NO/c1-2-14-20-18-12-6-5-11-17(18)15-19-13-7-10-16-8-3-4-9-16/h1,5-6,11-12,16,19H,3-4,7-10,13-15H2. The molecule has 1 aromatic carbocycles. The molecule has 0 spiro atoms. The fraction of sp³-hybridized carbons (Fsp3) is 0.556. The topological polar surface area (TPSA) is 21.3 Å². The second-order valence-electron chi connectivity index (χ2n) is 5.57. The zero-order chi connectivity index (χ0) is 14.0. The predicted octanol–water partition coefficient (Wildman–Crippen LogP) is 3.76. The maximum Gasteiger partial charge on any atom is 0.148 e. The van der Waals surface area contributed by atoms with Gasteiger partial charge < -0.3 is 10.1 Å². The molecule has 108 valence electrons. The molecule has 0 unspecified atom stereocenters. The molecule has 1 aliphatic rings. The number of para-hydroxylation sites is 1. The lowest BCUT2D eigenvalue weighted by Gasteiger charge is -2.12. The highest BCUT2D eigenvalue weighted by molar-refractivity contribution is 5.33. The van der Waals surface area contributed by atoms with Gasteiger partial charge in [0.25, 0.3) is 0 Å². The van der Waals surface area contributed by atoms with Gasteiger partial charge in [0.15, 0.2) is 0 Å². The summed E-state index contributed by atoms with van der Waals surface area (Å²) in [5.41, 5.74) is 1.18. The summed E-state index contributed by atoms with van der Waals surface area (Å²) in [5, 5.41) is 3.51. The van der Waals surface area contributed by atoms with E-state index in [4.69, 9.17) is 11.2 Å². The van der Waals surface area contributed by atoms with Gasteiger partial charge >= 0.3 is 0 Å². The van der Waals surface area contributed by atoms with Crippen molar-refractivity contribution >= 4 is 0 Å². The van der Waals surface area contributed by atoms with Crippen molar-refractivity contribution in [1.82, 2.24) is 5.32 Å². The summed E-state index contributed by atoms with van der Waals surface area (Å²) in [5.74, 6) is 4.39. The molecule has 0 heterocycles. The van der Waals surface area contributed by atoms with Crippen molar-refractivity contribution in [2.24, 2.45) is 5.92 Å². The molecular weight excluding hydrogens is 246 g/mol. The molecule has 0 bridgehead atoms. The molecule has 1 N–H and O–H groups in total. The fourth-order valence-electron chi connectivity index (χ4n) is 2.95. The molecule has 0 saturated heterocycles. The van der Waals surface area contributed by atoms with E-state index >= 15 is 0 Å². The van der Waals surface area contributed by atoms with Crippen molar-refractivity contribution in [2.45, 2.75) is 45.1 Å². The highest BCUT2D eigenvalue weighted by Crippen LogP contribution is 2.28. The smallest absolute Gasteiger partial charge is 0.148 e. The zero-order valence-corrected chi connectivity index (χ0v) is 12.2. The van der Waals surface area contributed by atoms with Crippen molar-refractivity contribution in [1.29, 1.82) is 0 Å². The maximum absolute atomic E-state index is 5.55. The van der Waals surface area contributed by atoms with Gasteiger partial charge in [-0.3, -0.25) is 0 Å². The fourth-order valence-corrected chi connectivity index (χ4v) is 2.95. The Morgan fingerprint density at radius 2 is 2.05 bits per heavy atom. The quantitative estimate of drug-likeness (QED) is 0.574. The first-order valence-electron chi connectivity index (χ1n) is 7.75. The Morgan fingerprint density at radius 1 is 1.25 bits per heavy atom. The monoisotopic (exact) mass is 271 g/mol. The molecule has 1 aliphatic carbocycles. The van der Waals surface area contributed by atoms with Gasteiger partial charge in [-0.2, -0.15) is 0 Å². The van der Waals surface area contributed by atoms with Crippen molar-refractivity contribution in [2.75, 3.05) is 13.2 Å². The average molecular weight is 271 g/mol. The lowest BCUT2D eigenvalue weighted by Crippen LogP contribution is -2.16. The van der Waals surface area contributed by atoms with Crippen LogP contribution in [0.2, 0.25) is 0 Å². The van der Waals surface area contributed by atoms with E-state index in [9.17, 15) is 0 Å². The largest absolute Gasteiger partial charge is 0.481 e. The summed E-state index contributed by atoms with van der Waals surface area (Å²) in [7, 11) is 0. The molecule has 0 radical (unpaired) electrons. The summed E-state index contributed by atoms with van der Waals surface area (Å²) < 4.78 is 5.55. The first kappa shape index (κ1) is 14.9. The molecule has 1 fully saturated rings. The van der Waals surface area contributed by atoms with E-state index in [1.165, 1.54) is 44.1 Å². The number of terminal acetylenes is 1. The molecule has 0 atom stereocenters. The van der Waals surface area contributed by atoms with Gasteiger partial charge in [-0.15, -0.1) is 6.42 Å². The summed E-state index contributed by atoms with van der Waals surface area (Å²) in [6.45, 7) is 2.27. The highest BCUT2D eigenvalue weighted by Gasteiger charge is 2.13. The molecular formula is C18H25NO. The van der Waals surface area contributed by atoms with E-state index in [-0.39, 0.29) is 0 Å². The van der Waals surface area contributed by atoms with Crippen LogP contribution in [-0.2, 0) is 6.54 Å². The molecule has 1 aromatic rings. The molecule has 0 amide bonds. The summed E-state index contributed by atoms with van der Waals surface area (Å²) >= 11 is 0. The Kier molecular flexibility index (Phi) is 6.47. The minimum absolute atomic E-state index is 0.332. The minimum atomic E-state index is 0.332. The van der Waals surface area contributed by atoms with Crippen LogP contribution in [-0.4, -0.2) is 13.2 Å². The van der Waals surface area contributed by atoms with Gasteiger partial charge in [-0.25, -0.2) is 0 Å². The SMILES string of the molecule is C#CCOc1ccccc1CNCCCC1CCCC1. The molecule has 2 heteroatoms. The molecule has 0 aromatic heterocycles. The minimum Gasteiger partial charge on any atom is -0.481 e. The zero-order valence-electron chi connectivity index (χ0n) is 12.2. The van der Waals surface area contributed by atoms with Gasteiger partial charge in [0.05, 0.1) is 0 Å². The van der Waals surface area contributed by atoms with Gasteiger partial charge in [0, 0.05) is 12.1 Å². The number of ether oxygens (including phenoxy) is 1. The van der Waals surface area contributed by atoms with Crippen LogP contribution in [0.1, 0.15) is 44.1 Å². The van der Waals surface area contributed by atoms with Crippen LogP contribution in [0, 0.1) is 18.3 Å². The second-order valence-corrected chi connectivity index (χ2v) is 5.57. The molecule has 2 nitrogen and oxygen atoms in total. The van der Waals surface area contributed by atoms with Gasteiger partial charge in [0.1, 0.15) is 12.4 Å². The lowest BCUT2D eigenvalue weighted by atomic mass is 10.0. The van der Waals surface area contributed by atoms with Gasteiger partial charge in [-0.1, -0.05) is 49.8 Å². The van der Waals surface area contributed by atoms with Crippen LogP contribution in [0.3, 0.4) is 0 Å². The van der Waals surface area contributed by atoms with Crippen LogP contribution in [0.15, 0.2) is 24.3 Å². The third-order valence-corrected chi connectivity index (χ3v) is 4.04. The summed E-state index contributed by atoms with van der Waals surface area (Å²) in [6, 6.07) is 8.09. The Morgan fingerprint density at radius 3 is 2.85 bits per heavy atom. The molecule has 2 rings (SSSR count). The molecule has 20 heavy (non-hydrogen) atoms. The van der Waals surface area contributed by atoms with Crippen molar-refractivity contribution in [3.63, 3.8) is 0 Å². The lowest BCUT2D eigenvalue weighted by molar-refractivity contribution is 0.364. The molecule has 0 aliphatic heterocycles. The highest BCUT2D eigenvalue weighted by atomic mass is 16.5. The van der Waals surface area contributed by atoms with Crippen LogP contribution in [0.4, 0.5) is 0 Å². The van der Waals surface area contributed by atoms with E-state index in [2.05, 4.69) is 17.3 Å². The Labute approximate surface area is 122 Å². The number of nitrogens with one attached hydrogen (secondary N) is 1. The third kappa shape index (κ3) is 4.90. The summed E-state index contributed by atoms with van der Waals surface area (Å²) in [4.78, 5) is 0. The van der Waals surface area contributed by atoms with E-state index < -0.39 is 0 Å². The van der Waals surface area contributed by atoms with Crippen LogP contribution >= 0.6 is 0 Å². The predicted molar refractivity (Wildman–Crippen MR) is 83.7 cm³/mol. The maximum atomic E-state index is 5.55. The van der Waals surface area contributed by atoms with Crippen molar-refractivity contribution < 1.29 is 4.74 Å². The first-order chi connectivity index (χ1) is 9.90. The Hall–Kier alpha value is -1.46. The molecule has 1 saturated carbocycles. The van der Waals surface area contributed by atoms with Gasteiger partial charge in [-0.05, 0) is 31.4 Å². The van der Waals surface area contributed by atoms with Crippen molar-refractivity contribution in [3.8, 4) is 18.1 Å². The number of hydrogen-bond acceptors (Lipinski definition) is 2.